The van der Waals surface area contributed by atoms with Crippen molar-refractivity contribution in [1.29, 1.82) is 0 Å². The van der Waals surface area contributed by atoms with Gasteiger partial charge in [0, 0.05) is 6.04 Å². The van der Waals surface area contributed by atoms with Crippen LogP contribution in [0, 0.1) is 0 Å². The zero-order valence-corrected chi connectivity index (χ0v) is 13.1. The van der Waals surface area contributed by atoms with E-state index in [0.717, 1.165) is 37.0 Å². The van der Waals surface area contributed by atoms with Crippen LogP contribution in [0.25, 0.3) is 0 Å². The third-order valence-corrected chi connectivity index (χ3v) is 3.89. The van der Waals surface area contributed by atoms with Crippen LogP contribution in [0.2, 0.25) is 0 Å². The summed E-state index contributed by atoms with van der Waals surface area (Å²) < 4.78 is 10.3. The monoisotopic (exact) mass is 305 g/mol. The van der Waals surface area contributed by atoms with Crippen molar-refractivity contribution in [2.75, 3.05) is 7.11 Å². The predicted molar refractivity (Wildman–Crippen MR) is 82.7 cm³/mol. The van der Waals surface area contributed by atoms with E-state index in [1.54, 1.807) is 26.2 Å². The summed E-state index contributed by atoms with van der Waals surface area (Å²) >= 11 is 0. The molecule has 0 aromatic heterocycles. The highest BCUT2D eigenvalue weighted by atomic mass is 16.5. The Balaban J connectivity index is 1.78. The summed E-state index contributed by atoms with van der Waals surface area (Å²) in [6.07, 6.45) is 3.71. The summed E-state index contributed by atoms with van der Waals surface area (Å²) in [5.74, 6) is 0.121. The fourth-order valence-electron chi connectivity index (χ4n) is 2.59. The van der Waals surface area contributed by atoms with E-state index in [1.165, 1.54) is 0 Å². The van der Waals surface area contributed by atoms with E-state index in [-0.39, 0.29) is 18.4 Å². The molecular weight excluding hydrogens is 282 g/mol. The third-order valence-electron chi connectivity index (χ3n) is 3.89. The van der Waals surface area contributed by atoms with Crippen LogP contribution in [0.4, 0.5) is 0 Å². The number of carbonyl (C=O) groups excluding carboxylic acids is 2. The number of nitrogens with one attached hydrogen (secondary N) is 1. The molecule has 1 aliphatic carbocycles. The average Bonchev–Trinajstić information content (AvgIpc) is 3.00. The van der Waals surface area contributed by atoms with Gasteiger partial charge >= 0.3 is 5.97 Å². The van der Waals surface area contributed by atoms with Gasteiger partial charge in [0.1, 0.15) is 5.75 Å². The Labute approximate surface area is 131 Å². The lowest BCUT2D eigenvalue weighted by Crippen LogP contribution is -2.41. The normalized spacial score (nSPS) is 16.1. The maximum Gasteiger partial charge on any atom is 0.311 e. The molecule has 5 nitrogen and oxygen atoms in total. The molecule has 1 fully saturated rings. The SMILES string of the molecule is COc1ccc(CC(=O)O[C@H](C)C(=O)NC2CCCC2)cc1. The molecule has 0 unspecified atom stereocenters. The Kier molecular flexibility index (Phi) is 5.81. The summed E-state index contributed by atoms with van der Waals surface area (Å²) in [4.78, 5) is 23.9. The maximum atomic E-state index is 12.0. The fourth-order valence-corrected chi connectivity index (χ4v) is 2.59. The molecule has 1 aromatic rings. The van der Waals surface area contributed by atoms with Crippen molar-refractivity contribution >= 4 is 11.9 Å². The van der Waals surface area contributed by atoms with E-state index in [9.17, 15) is 9.59 Å². The van der Waals surface area contributed by atoms with Gasteiger partial charge in [0.25, 0.3) is 5.91 Å². The molecule has 0 aliphatic heterocycles. The molecule has 2 rings (SSSR count). The zero-order chi connectivity index (χ0) is 15.9. The minimum atomic E-state index is -0.758. The zero-order valence-electron chi connectivity index (χ0n) is 13.1. The van der Waals surface area contributed by atoms with Gasteiger partial charge in [-0.25, -0.2) is 0 Å². The highest BCUT2D eigenvalue weighted by Crippen LogP contribution is 2.18. The third kappa shape index (κ3) is 4.76. The Morgan fingerprint density at radius 2 is 1.86 bits per heavy atom. The molecule has 1 amide bonds. The van der Waals surface area contributed by atoms with Gasteiger partial charge in [-0.3, -0.25) is 9.59 Å². The number of hydrogen-bond acceptors (Lipinski definition) is 4. The van der Waals surface area contributed by atoms with E-state index >= 15 is 0 Å². The van der Waals surface area contributed by atoms with Gasteiger partial charge < -0.3 is 14.8 Å². The number of methoxy groups -OCH3 is 1. The van der Waals surface area contributed by atoms with Crippen molar-refractivity contribution in [3.63, 3.8) is 0 Å². The lowest BCUT2D eigenvalue weighted by molar-refractivity contribution is -0.154. The van der Waals surface area contributed by atoms with Crippen molar-refractivity contribution in [3.05, 3.63) is 29.8 Å². The standard InChI is InChI=1S/C17H23NO4/c1-12(17(20)18-14-5-3-4-6-14)22-16(19)11-13-7-9-15(21-2)10-8-13/h7-10,12,14H,3-6,11H2,1-2H3,(H,18,20)/t12-/m1/s1. The lowest BCUT2D eigenvalue weighted by atomic mass is 10.1. The summed E-state index contributed by atoms with van der Waals surface area (Å²) in [7, 11) is 1.59. The van der Waals surface area contributed by atoms with Crippen LogP contribution in [0.15, 0.2) is 24.3 Å². The predicted octanol–water partition coefficient (Wildman–Crippen LogP) is 2.23. The summed E-state index contributed by atoms with van der Waals surface area (Å²) in [5, 5.41) is 2.93. The van der Waals surface area contributed by atoms with E-state index in [2.05, 4.69) is 5.32 Å². The van der Waals surface area contributed by atoms with Crippen LogP contribution >= 0.6 is 0 Å². The highest BCUT2D eigenvalue weighted by Gasteiger charge is 2.23. The number of ether oxygens (including phenoxy) is 2. The molecule has 1 atom stereocenters. The number of rotatable bonds is 6. The molecule has 1 aliphatic rings. The molecule has 22 heavy (non-hydrogen) atoms. The Bertz CT molecular complexity index is 506. The van der Waals surface area contributed by atoms with Crippen molar-refractivity contribution in [1.82, 2.24) is 5.32 Å². The first-order valence-corrected chi connectivity index (χ1v) is 7.71. The van der Waals surface area contributed by atoms with Crippen molar-refractivity contribution in [2.24, 2.45) is 0 Å². The minimum Gasteiger partial charge on any atom is -0.497 e. The molecule has 1 aromatic carbocycles. The molecule has 0 bridgehead atoms. The number of hydrogen-bond donors (Lipinski definition) is 1. The van der Waals surface area contributed by atoms with Crippen molar-refractivity contribution in [2.45, 2.75) is 51.2 Å². The maximum absolute atomic E-state index is 12.0. The quantitative estimate of drug-likeness (QED) is 0.819. The molecule has 5 heteroatoms. The van der Waals surface area contributed by atoms with Crippen LogP contribution in [0.1, 0.15) is 38.2 Å². The van der Waals surface area contributed by atoms with E-state index in [0.29, 0.717) is 0 Å². The molecule has 1 saturated carbocycles. The Morgan fingerprint density at radius 1 is 1.23 bits per heavy atom. The van der Waals surface area contributed by atoms with Crippen LogP contribution in [-0.2, 0) is 20.7 Å². The van der Waals surface area contributed by atoms with Gasteiger partial charge in [-0.05, 0) is 37.5 Å². The first-order chi connectivity index (χ1) is 10.6. The van der Waals surface area contributed by atoms with Gasteiger partial charge in [-0.15, -0.1) is 0 Å². The molecule has 0 spiro atoms. The molecule has 0 radical (unpaired) electrons. The summed E-state index contributed by atoms with van der Waals surface area (Å²) in [5.41, 5.74) is 0.828. The second kappa shape index (κ2) is 7.82. The second-order valence-corrected chi connectivity index (χ2v) is 5.65. The van der Waals surface area contributed by atoms with Gasteiger partial charge in [0.15, 0.2) is 6.10 Å². The molecule has 120 valence electrons. The average molecular weight is 305 g/mol. The van der Waals surface area contributed by atoms with Crippen LogP contribution < -0.4 is 10.1 Å². The first-order valence-electron chi connectivity index (χ1n) is 7.71. The van der Waals surface area contributed by atoms with Gasteiger partial charge in [0.05, 0.1) is 13.5 Å². The Hall–Kier alpha value is -2.04. The van der Waals surface area contributed by atoms with Crippen LogP contribution in [-0.4, -0.2) is 31.1 Å². The fraction of sp³-hybridized carbons (Fsp3) is 0.529. The first kappa shape index (κ1) is 16.3. The molecule has 1 N–H and O–H groups in total. The van der Waals surface area contributed by atoms with Crippen LogP contribution in [0.3, 0.4) is 0 Å². The summed E-state index contributed by atoms with van der Waals surface area (Å²) in [6.45, 7) is 1.61. The van der Waals surface area contributed by atoms with Gasteiger partial charge in [-0.2, -0.15) is 0 Å². The van der Waals surface area contributed by atoms with E-state index in [1.807, 2.05) is 12.1 Å². The number of carbonyl (C=O) groups is 2. The highest BCUT2D eigenvalue weighted by molar-refractivity contribution is 5.84. The van der Waals surface area contributed by atoms with Gasteiger partial charge in [0.2, 0.25) is 0 Å². The number of benzene rings is 1. The van der Waals surface area contributed by atoms with Crippen molar-refractivity contribution < 1.29 is 19.1 Å². The van der Waals surface area contributed by atoms with E-state index in [4.69, 9.17) is 9.47 Å². The molecule has 0 saturated heterocycles. The number of esters is 1. The lowest BCUT2D eigenvalue weighted by Gasteiger charge is -2.17. The van der Waals surface area contributed by atoms with Gasteiger partial charge in [-0.1, -0.05) is 25.0 Å². The largest absolute Gasteiger partial charge is 0.497 e. The minimum absolute atomic E-state index is 0.144. The molecular formula is C17H23NO4. The van der Waals surface area contributed by atoms with E-state index < -0.39 is 12.1 Å². The number of amides is 1. The van der Waals surface area contributed by atoms with Crippen molar-refractivity contribution in [3.8, 4) is 5.75 Å². The topological polar surface area (TPSA) is 64.6 Å². The second-order valence-electron chi connectivity index (χ2n) is 5.65. The summed E-state index contributed by atoms with van der Waals surface area (Å²) in [6, 6.07) is 7.43. The van der Waals surface area contributed by atoms with Crippen LogP contribution in [0.5, 0.6) is 5.75 Å². The molecule has 0 heterocycles. The smallest absolute Gasteiger partial charge is 0.311 e. The Morgan fingerprint density at radius 3 is 2.45 bits per heavy atom.